The summed E-state index contributed by atoms with van der Waals surface area (Å²) in [5.74, 6) is -0.374. The minimum absolute atomic E-state index is 0.0617. The van der Waals surface area contributed by atoms with Crippen LogP contribution in [0.2, 0.25) is 0 Å². The molecule has 1 rings (SSSR count). The Morgan fingerprint density at radius 1 is 1.20 bits per heavy atom. The van der Waals surface area contributed by atoms with Gasteiger partial charge in [0.25, 0.3) is 0 Å². The van der Waals surface area contributed by atoms with Crippen LogP contribution in [0.4, 0.5) is 0 Å². The van der Waals surface area contributed by atoms with Crippen molar-refractivity contribution in [3.63, 3.8) is 0 Å². The predicted molar refractivity (Wildman–Crippen MR) is 58.3 cm³/mol. The molecule has 86 valence electrons. The molecule has 0 heterocycles. The van der Waals surface area contributed by atoms with Crippen LogP contribution in [0.25, 0.3) is 0 Å². The summed E-state index contributed by atoms with van der Waals surface area (Å²) in [6.45, 7) is 5.69. The zero-order valence-corrected chi connectivity index (χ0v) is 9.72. The third kappa shape index (κ3) is 4.81. The molecule has 1 aliphatic rings. The van der Waals surface area contributed by atoms with Crippen LogP contribution in [0, 0.1) is 0 Å². The van der Waals surface area contributed by atoms with Crippen molar-refractivity contribution in [1.29, 1.82) is 0 Å². The molecular formula is C11H20N2O2. The molecule has 1 fully saturated rings. The summed E-state index contributed by atoms with van der Waals surface area (Å²) in [4.78, 5) is 22.8. The van der Waals surface area contributed by atoms with Crippen LogP contribution in [0.15, 0.2) is 0 Å². The average molecular weight is 212 g/mol. The molecule has 0 aromatic rings. The van der Waals surface area contributed by atoms with Crippen LogP contribution in [0.1, 0.15) is 46.5 Å². The third-order valence-electron chi connectivity index (χ3n) is 2.31. The highest BCUT2D eigenvalue weighted by Crippen LogP contribution is 2.17. The van der Waals surface area contributed by atoms with Crippen LogP contribution in [0.5, 0.6) is 0 Å². The first-order valence-corrected chi connectivity index (χ1v) is 5.47. The van der Waals surface area contributed by atoms with Crippen molar-refractivity contribution < 1.29 is 9.59 Å². The highest BCUT2D eigenvalue weighted by atomic mass is 16.2. The smallest absolute Gasteiger partial charge is 0.229 e. The maximum atomic E-state index is 11.4. The largest absolute Gasteiger partial charge is 0.353 e. The first kappa shape index (κ1) is 12.0. The number of hydrogen-bond acceptors (Lipinski definition) is 2. The summed E-state index contributed by atoms with van der Waals surface area (Å²) < 4.78 is 0. The SMILES string of the molecule is CC(C)(C)NC(=O)CC(=O)NC1CCC1. The average Bonchev–Trinajstić information content (AvgIpc) is 1.92. The van der Waals surface area contributed by atoms with Gasteiger partial charge in [0.05, 0.1) is 0 Å². The molecule has 0 aromatic heterocycles. The Balaban J connectivity index is 2.21. The second-order valence-corrected chi connectivity index (χ2v) is 5.17. The van der Waals surface area contributed by atoms with E-state index in [9.17, 15) is 9.59 Å². The van der Waals surface area contributed by atoms with Crippen molar-refractivity contribution in [2.24, 2.45) is 0 Å². The third-order valence-corrected chi connectivity index (χ3v) is 2.31. The maximum Gasteiger partial charge on any atom is 0.229 e. The summed E-state index contributed by atoms with van der Waals surface area (Å²) in [5, 5.41) is 5.59. The van der Waals surface area contributed by atoms with Gasteiger partial charge in [-0.3, -0.25) is 9.59 Å². The first-order chi connectivity index (χ1) is 6.87. The molecule has 15 heavy (non-hydrogen) atoms. The van der Waals surface area contributed by atoms with Crippen molar-refractivity contribution in [1.82, 2.24) is 10.6 Å². The van der Waals surface area contributed by atoms with Crippen molar-refractivity contribution in [2.45, 2.75) is 58.0 Å². The molecule has 2 amide bonds. The Hall–Kier alpha value is -1.06. The molecule has 0 bridgehead atoms. The minimum atomic E-state index is -0.270. The van der Waals surface area contributed by atoms with Gasteiger partial charge in [-0.05, 0) is 40.0 Å². The van der Waals surface area contributed by atoms with Gasteiger partial charge < -0.3 is 10.6 Å². The van der Waals surface area contributed by atoms with Crippen LogP contribution in [0.3, 0.4) is 0 Å². The highest BCUT2D eigenvalue weighted by molar-refractivity contribution is 5.97. The van der Waals surface area contributed by atoms with E-state index >= 15 is 0 Å². The quantitative estimate of drug-likeness (QED) is 0.685. The first-order valence-electron chi connectivity index (χ1n) is 5.47. The van der Waals surface area contributed by atoms with Crippen LogP contribution >= 0.6 is 0 Å². The fourth-order valence-corrected chi connectivity index (χ4v) is 1.44. The van der Waals surface area contributed by atoms with E-state index in [1.54, 1.807) is 0 Å². The molecule has 0 unspecified atom stereocenters. The predicted octanol–water partition coefficient (Wildman–Crippen LogP) is 0.960. The number of rotatable bonds is 3. The molecule has 4 nitrogen and oxygen atoms in total. The van der Waals surface area contributed by atoms with Crippen molar-refractivity contribution in [3.8, 4) is 0 Å². The Morgan fingerprint density at radius 2 is 1.80 bits per heavy atom. The lowest BCUT2D eigenvalue weighted by Crippen LogP contribution is -2.45. The van der Waals surface area contributed by atoms with Gasteiger partial charge in [0.2, 0.25) is 11.8 Å². The summed E-state index contributed by atoms with van der Waals surface area (Å²) in [5.41, 5.74) is -0.270. The summed E-state index contributed by atoms with van der Waals surface area (Å²) in [7, 11) is 0. The topological polar surface area (TPSA) is 58.2 Å². The van der Waals surface area contributed by atoms with E-state index in [0.29, 0.717) is 6.04 Å². The Kier molecular flexibility index (Phi) is 3.72. The molecule has 0 spiro atoms. The van der Waals surface area contributed by atoms with Crippen LogP contribution in [-0.4, -0.2) is 23.4 Å². The number of hydrogen-bond donors (Lipinski definition) is 2. The van der Waals surface area contributed by atoms with Gasteiger partial charge >= 0.3 is 0 Å². The van der Waals surface area contributed by atoms with Gasteiger partial charge in [-0.25, -0.2) is 0 Å². The Bertz CT molecular complexity index is 252. The second kappa shape index (κ2) is 4.64. The fourth-order valence-electron chi connectivity index (χ4n) is 1.44. The molecular weight excluding hydrogens is 192 g/mol. The molecule has 0 aromatic carbocycles. The molecule has 1 aliphatic carbocycles. The van der Waals surface area contributed by atoms with Gasteiger partial charge in [0.1, 0.15) is 6.42 Å². The summed E-state index contributed by atoms with van der Waals surface area (Å²) in [6.07, 6.45) is 3.21. The number of carbonyl (C=O) groups excluding carboxylic acids is 2. The van der Waals surface area contributed by atoms with E-state index in [-0.39, 0.29) is 23.8 Å². The molecule has 0 saturated heterocycles. The van der Waals surface area contributed by atoms with E-state index in [1.807, 2.05) is 20.8 Å². The molecule has 0 radical (unpaired) electrons. The lowest BCUT2D eigenvalue weighted by atomic mass is 9.93. The van der Waals surface area contributed by atoms with E-state index in [0.717, 1.165) is 12.8 Å². The summed E-state index contributed by atoms with van der Waals surface area (Å²) in [6, 6.07) is 0.305. The van der Waals surface area contributed by atoms with Crippen molar-refractivity contribution >= 4 is 11.8 Å². The van der Waals surface area contributed by atoms with E-state index < -0.39 is 0 Å². The van der Waals surface area contributed by atoms with Crippen molar-refractivity contribution in [2.75, 3.05) is 0 Å². The van der Waals surface area contributed by atoms with Gasteiger partial charge in [0, 0.05) is 11.6 Å². The van der Waals surface area contributed by atoms with Gasteiger partial charge in [-0.2, -0.15) is 0 Å². The zero-order valence-electron chi connectivity index (χ0n) is 9.72. The number of amides is 2. The summed E-state index contributed by atoms with van der Waals surface area (Å²) >= 11 is 0. The van der Waals surface area contributed by atoms with Gasteiger partial charge in [0.15, 0.2) is 0 Å². The molecule has 2 N–H and O–H groups in total. The van der Waals surface area contributed by atoms with Crippen LogP contribution in [-0.2, 0) is 9.59 Å². The minimum Gasteiger partial charge on any atom is -0.353 e. The maximum absolute atomic E-state index is 11.4. The molecule has 0 aliphatic heterocycles. The lowest BCUT2D eigenvalue weighted by Gasteiger charge is -2.26. The number of nitrogens with one attached hydrogen (secondary N) is 2. The fraction of sp³-hybridized carbons (Fsp3) is 0.818. The Labute approximate surface area is 90.8 Å². The highest BCUT2D eigenvalue weighted by Gasteiger charge is 2.21. The van der Waals surface area contributed by atoms with Gasteiger partial charge in [-0.1, -0.05) is 0 Å². The van der Waals surface area contributed by atoms with E-state index in [4.69, 9.17) is 0 Å². The normalized spacial score (nSPS) is 16.7. The van der Waals surface area contributed by atoms with Crippen LogP contribution < -0.4 is 10.6 Å². The second-order valence-electron chi connectivity index (χ2n) is 5.17. The molecule has 0 atom stereocenters. The van der Waals surface area contributed by atoms with E-state index in [1.165, 1.54) is 6.42 Å². The van der Waals surface area contributed by atoms with Crippen molar-refractivity contribution in [3.05, 3.63) is 0 Å². The lowest BCUT2D eigenvalue weighted by molar-refractivity contribution is -0.130. The number of carbonyl (C=O) groups is 2. The zero-order chi connectivity index (χ0) is 11.5. The van der Waals surface area contributed by atoms with E-state index in [2.05, 4.69) is 10.6 Å². The van der Waals surface area contributed by atoms with Gasteiger partial charge in [-0.15, -0.1) is 0 Å². The molecule has 4 heteroatoms. The molecule has 1 saturated carbocycles. The monoisotopic (exact) mass is 212 g/mol. The Morgan fingerprint density at radius 3 is 2.20 bits per heavy atom. The standard InChI is InChI=1S/C11H20N2O2/c1-11(2,3)13-10(15)7-9(14)12-8-5-4-6-8/h8H,4-7H2,1-3H3,(H,12,14)(H,13,15).